The summed E-state index contributed by atoms with van der Waals surface area (Å²) in [6, 6.07) is 7.20. The lowest BCUT2D eigenvalue weighted by Gasteiger charge is -2.04. The van der Waals surface area contributed by atoms with Gasteiger partial charge in [-0.3, -0.25) is 4.79 Å². The van der Waals surface area contributed by atoms with Gasteiger partial charge in [0.1, 0.15) is 5.75 Å². The van der Waals surface area contributed by atoms with E-state index in [0.29, 0.717) is 5.75 Å². The fraction of sp³-hybridized carbons (Fsp3) is 0.222. The van der Waals surface area contributed by atoms with Crippen molar-refractivity contribution in [1.29, 1.82) is 0 Å². The Kier molecular flexibility index (Phi) is 3.64. The SMILES string of the molecule is CNC(=O)COc1cccc(S)c1. The summed E-state index contributed by atoms with van der Waals surface area (Å²) in [6.07, 6.45) is 0. The summed E-state index contributed by atoms with van der Waals surface area (Å²) in [5.41, 5.74) is 0. The zero-order valence-corrected chi connectivity index (χ0v) is 8.17. The molecule has 0 atom stereocenters. The average Bonchev–Trinajstić information content (AvgIpc) is 2.14. The number of benzene rings is 1. The molecule has 0 aliphatic carbocycles. The van der Waals surface area contributed by atoms with Crippen molar-refractivity contribution in [3.63, 3.8) is 0 Å². The second-order valence-corrected chi connectivity index (χ2v) is 2.98. The molecule has 0 saturated heterocycles. The minimum Gasteiger partial charge on any atom is -0.484 e. The summed E-state index contributed by atoms with van der Waals surface area (Å²) in [5.74, 6) is 0.501. The van der Waals surface area contributed by atoms with Crippen LogP contribution in [0, 0.1) is 0 Å². The average molecular weight is 197 g/mol. The molecule has 70 valence electrons. The summed E-state index contributed by atoms with van der Waals surface area (Å²) in [7, 11) is 1.57. The number of nitrogens with one attached hydrogen (secondary N) is 1. The fourth-order valence-corrected chi connectivity index (χ4v) is 1.01. The van der Waals surface area contributed by atoms with Crippen molar-refractivity contribution in [3.05, 3.63) is 24.3 Å². The molecule has 1 aromatic carbocycles. The third-order valence-corrected chi connectivity index (χ3v) is 1.74. The first-order chi connectivity index (χ1) is 6.22. The van der Waals surface area contributed by atoms with Crippen molar-refractivity contribution in [1.82, 2.24) is 5.32 Å². The van der Waals surface area contributed by atoms with Crippen molar-refractivity contribution < 1.29 is 9.53 Å². The molecule has 0 aliphatic heterocycles. The highest BCUT2D eigenvalue weighted by Gasteiger charge is 1.98. The van der Waals surface area contributed by atoms with E-state index in [1.54, 1.807) is 19.2 Å². The van der Waals surface area contributed by atoms with E-state index in [1.165, 1.54) is 0 Å². The van der Waals surface area contributed by atoms with Crippen LogP contribution in [0.25, 0.3) is 0 Å². The van der Waals surface area contributed by atoms with E-state index in [0.717, 1.165) is 4.90 Å². The van der Waals surface area contributed by atoms with Gasteiger partial charge in [-0.15, -0.1) is 12.6 Å². The Morgan fingerprint density at radius 2 is 2.38 bits per heavy atom. The first kappa shape index (κ1) is 9.92. The fourth-order valence-electron chi connectivity index (χ4n) is 0.794. The Bertz CT molecular complexity index is 301. The van der Waals surface area contributed by atoms with Crippen molar-refractivity contribution in [3.8, 4) is 5.75 Å². The summed E-state index contributed by atoms with van der Waals surface area (Å²) < 4.78 is 5.18. The van der Waals surface area contributed by atoms with E-state index in [1.807, 2.05) is 12.1 Å². The Hall–Kier alpha value is -1.16. The number of ether oxygens (including phenoxy) is 1. The highest BCUT2D eigenvalue weighted by atomic mass is 32.1. The van der Waals surface area contributed by atoms with Gasteiger partial charge in [-0.05, 0) is 18.2 Å². The predicted molar refractivity (Wildman–Crippen MR) is 53.3 cm³/mol. The molecule has 0 unspecified atom stereocenters. The lowest BCUT2D eigenvalue weighted by molar-refractivity contribution is -0.122. The molecule has 0 aliphatic rings. The molecular formula is C9H11NO2S. The molecule has 3 nitrogen and oxygen atoms in total. The van der Waals surface area contributed by atoms with E-state index < -0.39 is 0 Å². The van der Waals surface area contributed by atoms with Crippen molar-refractivity contribution >= 4 is 18.5 Å². The van der Waals surface area contributed by atoms with E-state index >= 15 is 0 Å². The number of carbonyl (C=O) groups excluding carboxylic acids is 1. The van der Waals surface area contributed by atoms with Crippen molar-refractivity contribution in [2.24, 2.45) is 0 Å². The van der Waals surface area contributed by atoms with E-state index in [9.17, 15) is 4.79 Å². The number of amides is 1. The molecule has 1 amide bonds. The molecule has 0 bridgehead atoms. The predicted octanol–water partition coefficient (Wildman–Crippen LogP) is 1.10. The van der Waals surface area contributed by atoms with Gasteiger partial charge in [0.15, 0.2) is 6.61 Å². The first-order valence-corrected chi connectivity index (χ1v) is 4.29. The van der Waals surface area contributed by atoms with Gasteiger partial charge in [0, 0.05) is 11.9 Å². The molecule has 1 rings (SSSR count). The lowest BCUT2D eigenvalue weighted by atomic mass is 10.3. The Balaban J connectivity index is 2.50. The van der Waals surface area contributed by atoms with Crippen LogP contribution in [0.1, 0.15) is 0 Å². The first-order valence-electron chi connectivity index (χ1n) is 3.85. The highest BCUT2D eigenvalue weighted by molar-refractivity contribution is 7.80. The Labute approximate surface area is 82.5 Å². The van der Waals surface area contributed by atoms with Crippen LogP contribution in [0.15, 0.2) is 29.2 Å². The maximum atomic E-state index is 10.8. The smallest absolute Gasteiger partial charge is 0.257 e. The second kappa shape index (κ2) is 4.77. The number of likely N-dealkylation sites (N-methyl/N-ethyl adjacent to an activating group) is 1. The molecular weight excluding hydrogens is 186 g/mol. The lowest BCUT2D eigenvalue weighted by Crippen LogP contribution is -2.24. The molecule has 0 fully saturated rings. The van der Waals surface area contributed by atoms with Crippen LogP contribution in [0.5, 0.6) is 5.75 Å². The molecule has 13 heavy (non-hydrogen) atoms. The number of hydrogen-bond donors (Lipinski definition) is 2. The quantitative estimate of drug-likeness (QED) is 0.712. The highest BCUT2D eigenvalue weighted by Crippen LogP contribution is 2.15. The van der Waals surface area contributed by atoms with Crippen LogP contribution < -0.4 is 10.1 Å². The number of rotatable bonds is 3. The maximum Gasteiger partial charge on any atom is 0.257 e. The largest absolute Gasteiger partial charge is 0.484 e. The topological polar surface area (TPSA) is 38.3 Å². The number of hydrogen-bond acceptors (Lipinski definition) is 3. The van der Waals surface area contributed by atoms with Crippen LogP contribution in [-0.2, 0) is 4.79 Å². The number of thiol groups is 1. The molecule has 1 N–H and O–H groups in total. The minimum atomic E-state index is -0.149. The van der Waals surface area contributed by atoms with E-state index in [2.05, 4.69) is 17.9 Å². The van der Waals surface area contributed by atoms with Gasteiger partial charge in [0.25, 0.3) is 5.91 Å². The Morgan fingerprint density at radius 3 is 3.00 bits per heavy atom. The van der Waals surface area contributed by atoms with Crippen molar-refractivity contribution in [2.45, 2.75) is 4.90 Å². The van der Waals surface area contributed by atoms with Gasteiger partial charge in [-0.25, -0.2) is 0 Å². The molecule has 0 heterocycles. The van der Waals surface area contributed by atoms with Gasteiger partial charge in [-0.2, -0.15) is 0 Å². The maximum absolute atomic E-state index is 10.8. The van der Waals surface area contributed by atoms with Crippen LogP contribution in [0.3, 0.4) is 0 Å². The van der Waals surface area contributed by atoms with Crippen LogP contribution >= 0.6 is 12.6 Å². The molecule has 0 radical (unpaired) electrons. The van der Waals surface area contributed by atoms with Gasteiger partial charge >= 0.3 is 0 Å². The van der Waals surface area contributed by atoms with Gasteiger partial charge in [0.05, 0.1) is 0 Å². The Morgan fingerprint density at radius 1 is 1.62 bits per heavy atom. The zero-order valence-electron chi connectivity index (χ0n) is 7.28. The summed E-state index contributed by atoms with van der Waals surface area (Å²) in [4.78, 5) is 11.6. The normalized spacial score (nSPS) is 9.38. The van der Waals surface area contributed by atoms with E-state index in [4.69, 9.17) is 4.74 Å². The number of carbonyl (C=O) groups is 1. The van der Waals surface area contributed by atoms with Crippen LogP contribution in [0.4, 0.5) is 0 Å². The molecule has 0 saturated carbocycles. The molecule has 1 aromatic rings. The van der Waals surface area contributed by atoms with Gasteiger partial charge in [0.2, 0.25) is 0 Å². The van der Waals surface area contributed by atoms with Gasteiger partial charge < -0.3 is 10.1 Å². The van der Waals surface area contributed by atoms with Gasteiger partial charge in [-0.1, -0.05) is 6.07 Å². The molecule has 0 aromatic heterocycles. The minimum absolute atomic E-state index is 0.0354. The zero-order chi connectivity index (χ0) is 9.68. The van der Waals surface area contributed by atoms with Crippen LogP contribution in [0.2, 0.25) is 0 Å². The summed E-state index contributed by atoms with van der Waals surface area (Å²) >= 11 is 4.14. The summed E-state index contributed by atoms with van der Waals surface area (Å²) in [5, 5.41) is 2.47. The summed E-state index contributed by atoms with van der Waals surface area (Å²) in [6.45, 7) is 0.0354. The standard InChI is InChI=1S/C9H11NO2S/c1-10-9(11)6-12-7-3-2-4-8(13)5-7/h2-5,13H,6H2,1H3,(H,10,11). The third kappa shape index (κ3) is 3.38. The molecule has 0 spiro atoms. The van der Waals surface area contributed by atoms with Crippen LogP contribution in [-0.4, -0.2) is 19.6 Å². The third-order valence-electron chi connectivity index (χ3n) is 1.47. The van der Waals surface area contributed by atoms with Crippen molar-refractivity contribution in [2.75, 3.05) is 13.7 Å². The second-order valence-electron chi connectivity index (χ2n) is 2.46. The molecule has 4 heteroatoms. The monoisotopic (exact) mass is 197 g/mol. The van der Waals surface area contributed by atoms with E-state index in [-0.39, 0.29) is 12.5 Å².